The largest absolute Gasteiger partial charge is 0.324 e. The highest BCUT2D eigenvalue weighted by atomic mass is 14.7. The van der Waals surface area contributed by atoms with Crippen LogP contribution in [0.2, 0.25) is 0 Å². The van der Waals surface area contributed by atoms with Crippen LogP contribution < -0.4 is 5.73 Å². The molecule has 2 saturated carbocycles. The SMILES string of the molecule is NC(C1=CCCCC1)C1C2CCCCC21. The van der Waals surface area contributed by atoms with Crippen LogP contribution in [0.4, 0.5) is 0 Å². The Labute approximate surface area is 93.1 Å². The summed E-state index contributed by atoms with van der Waals surface area (Å²) in [6, 6.07) is 0.429. The van der Waals surface area contributed by atoms with Gasteiger partial charge in [-0.15, -0.1) is 0 Å². The summed E-state index contributed by atoms with van der Waals surface area (Å²) in [7, 11) is 0. The Morgan fingerprint density at radius 1 is 1.07 bits per heavy atom. The van der Waals surface area contributed by atoms with Crippen molar-refractivity contribution < 1.29 is 0 Å². The Morgan fingerprint density at radius 2 is 1.80 bits per heavy atom. The lowest BCUT2D eigenvalue weighted by atomic mass is 9.91. The minimum atomic E-state index is 0.429. The highest BCUT2D eigenvalue weighted by molar-refractivity contribution is 5.20. The second-order valence-corrected chi connectivity index (χ2v) is 5.74. The molecule has 2 fully saturated rings. The van der Waals surface area contributed by atoms with Crippen molar-refractivity contribution in [2.45, 2.75) is 57.4 Å². The fourth-order valence-electron chi connectivity index (χ4n) is 3.99. The van der Waals surface area contributed by atoms with Gasteiger partial charge >= 0.3 is 0 Å². The number of hydrogen-bond acceptors (Lipinski definition) is 1. The third kappa shape index (κ3) is 1.75. The van der Waals surface area contributed by atoms with Gasteiger partial charge in [0.2, 0.25) is 0 Å². The van der Waals surface area contributed by atoms with Gasteiger partial charge in [0.25, 0.3) is 0 Å². The summed E-state index contributed by atoms with van der Waals surface area (Å²) in [6.07, 6.45) is 13.6. The maximum Gasteiger partial charge on any atom is 0.0287 e. The van der Waals surface area contributed by atoms with Gasteiger partial charge in [0.05, 0.1) is 0 Å². The number of rotatable bonds is 2. The summed E-state index contributed by atoms with van der Waals surface area (Å²) in [5.74, 6) is 2.89. The average molecular weight is 205 g/mol. The summed E-state index contributed by atoms with van der Waals surface area (Å²) in [5.41, 5.74) is 8.04. The minimum absolute atomic E-state index is 0.429. The molecule has 0 radical (unpaired) electrons. The summed E-state index contributed by atoms with van der Waals surface area (Å²) in [6.45, 7) is 0. The van der Waals surface area contributed by atoms with Gasteiger partial charge in [-0.25, -0.2) is 0 Å². The van der Waals surface area contributed by atoms with Crippen LogP contribution >= 0.6 is 0 Å². The third-order valence-corrected chi connectivity index (χ3v) is 4.89. The molecule has 1 heteroatoms. The van der Waals surface area contributed by atoms with E-state index < -0.39 is 0 Å². The Bertz CT molecular complexity index is 257. The van der Waals surface area contributed by atoms with Crippen molar-refractivity contribution in [3.05, 3.63) is 11.6 Å². The molecule has 0 aromatic rings. The van der Waals surface area contributed by atoms with Crippen LogP contribution in [0.3, 0.4) is 0 Å². The van der Waals surface area contributed by atoms with Gasteiger partial charge in [0.15, 0.2) is 0 Å². The summed E-state index contributed by atoms with van der Waals surface area (Å²) < 4.78 is 0. The summed E-state index contributed by atoms with van der Waals surface area (Å²) in [5, 5.41) is 0. The number of hydrogen-bond donors (Lipinski definition) is 1. The van der Waals surface area contributed by atoms with Gasteiger partial charge in [-0.1, -0.05) is 24.5 Å². The highest BCUT2D eigenvalue weighted by Gasteiger charge is 2.53. The second-order valence-electron chi connectivity index (χ2n) is 5.74. The van der Waals surface area contributed by atoms with E-state index in [9.17, 15) is 0 Å². The average Bonchev–Trinajstić information content (AvgIpc) is 3.03. The minimum Gasteiger partial charge on any atom is -0.324 e. The molecular formula is C14H23N. The lowest BCUT2D eigenvalue weighted by molar-refractivity contribution is 0.480. The first kappa shape index (κ1) is 9.89. The van der Waals surface area contributed by atoms with Crippen molar-refractivity contribution in [3.8, 4) is 0 Å². The van der Waals surface area contributed by atoms with Gasteiger partial charge in [-0.3, -0.25) is 0 Å². The van der Waals surface area contributed by atoms with E-state index in [4.69, 9.17) is 5.73 Å². The molecule has 3 aliphatic rings. The molecule has 0 heterocycles. The van der Waals surface area contributed by atoms with E-state index in [0.29, 0.717) is 6.04 Å². The lowest BCUT2D eigenvalue weighted by Crippen LogP contribution is -2.27. The van der Waals surface area contributed by atoms with Gasteiger partial charge < -0.3 is 5.73 Å². The normalized spacial score (nSPS) is 41.7. The standard InChI is InChI=1S/C14H23N/c15-14(10-6-2-1-3-7-10)13-11-8-4-5-9-12(11)13/h6,11-14H,1-5,7-9,15H2. The van der Waals surface area contributed by atoms with Crippen molar-refractivity contribution in [1.82, 2.24) is 0 Å². The topological polar surface area (TPSA) is 26.0 Å². The fourth-order valence-corrected chi connectivity index (χ4v) is 3.99. The zero-order valence-corrected chi connectivity index (χ0v) is 9.62. The van der Waals surface area contributed by atoms with Crippen molar-refractivity contribution in [2.75, 3.05) is 0 Å². The molecule has 3 unspecified atom stereocenters. The first-order valence-electron chi connectivity index (χ1n) is 6.82. The molecule has 0 aromatic carbocycles. The molecule has 3 rings (SSSR count). The summed E-state index contributed by atoms with van der Waals surface area (Å²) >= 11 is 0. The van der Waals surface area contributed by atoms with E-state index in [1.807, 2.05) is 0 Å². The smallest absolute Gasteiger partial charge is 0.0287 e. The first-order chi connectivity index (χ1) is 7.38. The van der Waals surface area contributed by atoms with Crippen molar-refractivity contribution >= 4 is 0 Å². The van der Waals surface area contributed by atoms with Crippen LogP contribution in [-0.2, 0) is 0 Å². The monoisotopic (exact) mass is 205 g/mol. The van der Waals surface area contributed by atoms with Crippen LogP contribution in [0.5, 0.6) is 0 Å². The molecule has 0 aromatic heterocycles. The zero-order valence-electron chi connectivity index (χ0n) is 9.62. The van der Waals surface area contributed by atoms with Gasteiger partial charge in [-0.05, 0) is 56.3 Å². The lowest BCUT2D eigenvalue weighted by Gasteiger charge is -2.20. The van der Waals surface area contributed by atoms with E-state index in [0.717, 1.165) is 17.8 Å². The van der Waals surface area contributed by atoms with Gasteiger partial charge in [0.1, 0.15) is 0 Å². The van der Waals surface area contributed by atoms with E-state index in [1.165, 1.54) is 51.4 Å². The molecule has 0 spiro atoms. The van der Waals surface area contributed by atoms with E-state index in [2.05, 4.69) is 6.08 Å². The molecule has 3 atom stereocenters. The number of nitrogens with two attached hydrogens (primary N) is 1. The molecule has 0 aliphatic heterocycles. The quantitative estimate of drug-likeness (QED) is 0.688. The van der Waals surface area contributed by atoms with E-state index in [-0.39, 0.29) is 0 Å². The Hall–Kier alpha value is -0.300. The Balaban J connectivity index is 1.65. The van der Waals surface area contributed by atoms with Crippen molar-refractivity contribution in [1.29, 1.82) is 0 Å². The number of fused-ring (bicyclic) bond motifs is 1. The molecule has 0 amide bonds. The first-order valence-corrected chi connectivity index (χ1v) is 6.82. The van der Waals surface area contributed by atoms with Crippen LogP contribution in [0.1, 0.15) is 51.4 Å². The predicted octanol–water partition coefficient (Wildman–Crippen LogP) is 3.25. The summed E-state index contributed by atoms with van der Waals surface area (Å²) in [4.78, 5) is 0. The highest BCUT2D eigenvalue weighted by Crippen LogP contribution is 2.57. The fraction of sp³-hybridized carbons (Fsp3) is 0.857. The Kier molecular flexibility index (Phi) is 2.59. The maximum absolute atomic E-state index is 6.45. The van der Waals surface area contributed by atoms with E-state index >= 15 is 0 Å². The number of allylic oxidation sites excluding steroid dienone is 1. The van der Waals surface area contributed by atoms with E-state index in [1.54, 1.807) is 5.57 Å². The maximum atomic E-state index is 6.45. The molecule has 1 nitrogen and oxygen atoms in total. The molecule has 3 aliphatic carbocycles. The van der Waals surface area contributed by atoms with Crippen molar-refractivity contribution in [2.24, 2.45) is 23.5 Å². The molecule has 2 N–H and O–H groups in total. The van der Waals surface area contributed by atoms with Crippen LogP contribution in [-0.4, -0.2) is 6.04 Å². The van der Waals surface area contributed by atoms with Crippen LogP contribution in [0.15, 0.2) is 11.6 Å². The molecule has 0 bridgehead atoms. The van der Waals surface area contributed by atoms with Gasteiger partial charge in [-0.2, -0.15) is 0 Å². The second kappa shape index (κ2) is 3.93. The predicted molar refractivity (Wildman–Crippen MR) is 63.5 cm³/mol. The molecule has 84 valence electrons. The van der Waals surface area contributed by atoms with Crippen LogP contribution in [0.25, 0.3) is 0 Å². The van der Waals surface area contributed by atoms with Gasteiger partial charge in [0, 0.05) is 6.04 Å². The van der Waals surface area contributed by atoms with Crippen LogP contribution in [0, 0.1) is 17.8 Å². The zero-order chi connectivity index (χ0) is 10.3. The molecular weight excluding hydrogens is 182 g/mol. The molecule has 0 saturated heterocycles. The third-order valence-electron chi connectivity index (χ3n) is 4.89. The molecule has 15 heavy (non-hydrogen) atoms. The van der Waals surface area contributed by atoms with Crippen molar-refractivity contribution in [3.63, 3.8) is 0 Å². The Morgan fingerprint density at radius 3 is 2.40 bits per heavy atom.